The Bertz CT molecular complexity index is 353. The summed E-state index contributed by atoms with van der Waals surface area (Å²) in [7, 11) is 0. The highest BCUT2D eigenvalue weighted by atomic mass is 15.3. The molecule has 0 aromatic carbocycles. The maximum atomic E-state index is 4.78. The largest absolute Gasteiger partial charge is 0.296 e. The molecule has 2 rings (SSSR count). The maximum Gasteiger partial charge on any atom is 0.0544 e. The van der Waals surface area contributed by atoms with E-state index in [4.69, 9.17) is 4.99 Å². The van der Waals surface area contributed by atoms with Crippen molar-refractivity contribution < 1.29 is 0 Å². The highest BCUT2D eigenvalue weighted by Gasteiger charge is 2.48. The molecular weight excluding hydrogens is 244 g/mol. The fraction of sp³-hybridized carbons (Fsp3) is 0.944. The van der Waals surface area contributed by atoms with Crippen LogP contribution in [0.3, 0.4) is 0 Å². The Morgan fingerprint density at radius 1 is 1.25 bits per heavy atom. The number of nitrogens with zero attached hydrogens (tertiary/aromatic N) is 2. The topological polar surface area (TPSA) is 15.6 Å². The van der Waals surface area contributed by atoms with Crippen molar-refractivity contribution in [2.24, 2.45) is 34.1 Å². The molecule has 2 aliphatic heterocycles. The first-order chi connectivity index (χ1) is 9.20. The molecule has 1 fully saturated rings. The van der Waals surface area contributed by atoms with Gasteiger partial charge in [0.05, 0.1) is 6.54 Å². The summed E-state index contributed by atoms with van der Waals surface area (Å²) in [6.45, 7) is 18.9. The highest BCUT2D eigenvalue weighted by Crippen LogP contribution is 2.41. The molecule has 0 aliphatic carbocycles. The smallest absolute Gasteiger partial charge is 0.0544 e. The lowest BCUT2D eigenvalue weighted by Crippen LogP contribution is -2.67. The number of fused-ring (bicyclic) bond motifs is 1. The minimum absolute atomic E-state index is 0.410. The number of hydrogen-bond acceptors (Lipinski definition) is 2. The quantitative estimate of drug-likeness (QED) is 0.742. The van der Waals surface area contributed by atoms with Crippen molar-refractivity contribution in [3.05, 3.63) is 0 Å². The van der Waals surface area contributed by atoms with Gasteiger partial charge in [0.1, 0.15) is 0 Å². The van der Waals surface area contributed by atoms with Crippen LogP contribution in [0.4, 0.5) is 0 Å². The molecule has 1 saturated heterocycles. The van der Waals surface area contributed by atoms with E-state index in [-0.39, 0.29) is 0 Å². The van der Waals surface area contributed by atoms with E-state index in [1.54, 1.807) is 0 Å². The zero-order valence-electron chi connectivity index (χ0n) is 14.6. The summed E-state index contributed by atoms with van der Waals surface area (Å²) >= 11 is 0. The lowest BCUT2D eigenvalue weighted by molar-refractivity contribution is -0.0798. The summed E-state index contributed by atoms with van der Waals surface area (Å²) in [6.07, 6.45) is 3.54. The van der Waals surface area contributed by atoms with Gasteiger partial charge in [-0.2, -0.15) is 0 Å². The fourth-order valence-electron chi connectivity index (χ4n) is 4.42. The molecule has 0 bridgehead atoms. The molecule has 5 atom stereocenters. The summed E-state index contributed by atoms with van der Waals surface area (Å²) in [5.41, 5.74) is 0.410. The number of hydrogen-bond donors (Lipinski definition) is 0. The standard InChI is InChI=1S/C18H34N2/c1-12(2)17-14(4)20-11-15(8-18(5,6)7)13(3)9-19-10-16(17)20/h9,12-17H,8,10-11H2,1-7H3/t13-,14?,15+,16?,17?/m1/s1. The SMILES string of the molecule is CC(C)C1C(C)N2C[C@H](CC(C)(C)C)[C@H](C)C=NCC12. The Kier molecular flexibility index (Phi) is 4.63. The minimum Gasteiger partial charge on any atom is -0.296 e. The summed E-state index contributed by atoms with van der Waals surface area (Å²) in [4.78, 5) is 7.52. The fourth-order valence-corrected chi connectivity index (χ4v) is 4.42. The van der Waals surface area contributed by atoms with Gasteiger partial charge in [0.2, 0.25) is 0 Å². The van der Waals surface area contributed by atoms with E-state index in [0.29, 0.717) is 17.4 Å². The van der Waals surface area contributed by atoms with E-state index in [1.165, 1.54) is 13.0 Å². The van der Waals surface area contributed by atoms with E-state index >= 15 is 0 Å². The summed E-state index contributed by atoms with van der Waals surface area (Å²) in [5, 5.41) is 0. The van der Waals surface area contributed by atoms with E-state index < -0.39 is 0 Å². The molecule has 0 N–H and O–H groups in total. The summed E-state index contributed by atoms with van der Waals surface area (Å²) in [6, 6.07) is 1.43. The molecule has 20 heavy (non-hydrogen) atoms. The molecule has 3 unspecified atom stereocenters. The third kappa shape index (κ3) is 3.27. The lowest BCUT2D eigenvalue weighted by Gasteiger charge is -2.57. The second kappa shape index (κ2) is 5.79. The molecule has 0 spiro atoms. The van der Waals surface area contributed by atoms with E-state index in [1.807, 2.05) is 0 Å². The third-order valence-electron chi connectivity index (χ3n) is 5.42. The van der Waals surface area contributed by atoms with Gasteiger partial charge in [-0.25, -0.2) is 0 Å². The summed E-state index contributed by atoms with van der Waals surface area (Å²) < 4.78 is 0. The second-order valence-corrected chi connectivity index (χ2v) is 8.72. The van der Waals surface area contributed by atoms with Crippen LogP contribution in [0.15, 0.2) is 4.99 Å². The first kappa shape index (κ1) is 16.0. The van der Waals surface area contributed by atoms with Gasteiger partial charge in [-0.05, 0) is 42.4 Å². The van der Waals surface area contributed by atoms with Gasteiger partial charge in [-0.3, -0.25) is 9.89 Å². The van der Waals surface area contributed by atoms with Gasteiger partial charge in [0.15, 0.2) is 0 Å². The minimum atomic E-state index is 0.410. The normalized spacial score (nSPS) is 39.1. The molecule has 2 heteroatoms. The van der Waals surface area contributed by atoms with Gasteiger partial charge in [-0.15, -0.1) is 0 Å². The Hall–Kier alpha value is -0.370. The second-order valence-electron chi connectivity index (χ2n) is 8.72. The molecule has 2 heterocycles. The van der Waals surface area contributed by atoms with Gasteiger partial charge in [0.25, 0.3) is 0 Å². The first-order valence-corrected chi connectivity index (χ1v) is 8.46. The maximum absolute atomic E-state index is 4.78. The van der Waals surface area contributed by atoms with Crippen molar-refractivity contribution in [3.8, 4) is 0 Å². The predicted octanol–water partition coefficient (Wildman–Crippen LogP) is 4.10. The summed E-state index contributed by atoms with van der Waals surface area (Å²) in [5.74, 6) is 2.97. The third-order valence-corrected chi connectivity index (χ3v) is 5.42. The predicted molar refractivity (Wildman–Crippen MR) is 88.4 cm³/mol. The van der Waals surface area contributed by atoms with Crippen LogP contribution in [-0.4, -0.2) is 36.3 Å². The van der Waals surface area contributed by atoms with Gasteiger partial charge in [0, 0.05) is 24.8 Å². The first-order valence-electron chi connectivity index (χ1n) is 8.46. The number of rotatable bonds is 2. The molecule has 116 valence electrons. The molecular formula is C18H34N2. The van der Waals surface area contributed by atoms with E-state index in [9.17, 15) is 0 Å². The zero-order valence-corrected chi connectivity index (χ0v) is 14.6. The van der Waals surface area contributed by atoms with Crippen LogP contribution in [0.2, 0.25) is 0 Å². The highest BCUT2D eigenvalue weighted by molar-refractivity contribution is 5.61. The average molecular weight is 278 g/mol. The Morgan fingerprint density at radius 2 is 1.90 bits per heavy atom. The Morgan fingerprint density at radius 3 is 2.45 bits per heavy atom. The van der Waals surface area contributed by atoms with E-state index in [2.05, 4.69) is 59.6 Å². The molecule has 0 saturated carbocycles. The van der Waals surface area contributed by atoms with Gasteiger partial charge >= 0.3 is 0 Å². The van der Waals surface area contributed by atoms with Crippen molar-refractivity contribution in [1.82, 2.24) is 4.90 Å². The molecule has 0 amide bonds. The Labute approximate surface area is 126 Å². The van der Waals surface area contributed by atoms with Crippen LogP contribution in [0.25, 0.3) is 0 Å². The van der Waals surface area contributed by atoms with Crippen LogP contribution >= 0.6 is 0 Å². The van der Waals surface area contributed by atoms with E-state index in [0.717, 1.165) is 30.3 Å². The van der Waals surface area contributed by atoms with Crippen LogP contribution < -0.4 is 0 Å². The zero-order chi connectivity index (χ0) is 15.1. The van der Waals surface area contributed by atoms with Crippen molar-refractivity contribution in [1.29, 1.82) is 0 Å². The molecule has 0 aromatic rings. The molecule has 0 radical (unpaired) electrons. The average Bonchev–Trinajstić information content (AvgIpc) is 2.29. The molecule has 2 aliphatic rings. The van der Waals surface area contributed by atoms with Crippen LogP contribution in [0.5, 0.6) is 0 Å². The lowest BCUT2D eigenvalue weighted by atomic mass is 9.71. The van der Waals surface area contributed by atoms with Crippen molar-refractivity contribution in [2.45, 2.75) is 67.0 Å². The molecule has 2 nitrogen and oxygen atoms in total. The van der Waals surface area contributed by atoms with Crippen LogP contribution in [-0.2, 0) is 0 Å². The Balaban J connectivity index is 2.12. The number of aliphatic imine (C=N–C) groups is 1. The van der Waals surface area contributed by atoms with Crippen LogP contribution in [0, 0.1) is 29.1 Å². The van der Waals surface area contributed by atoms with Crippen molar-refractivity contribution >= 4 is 6.21 Å². The van der Waals surface area contributed by atoms with Gasteiger partial charge < -0.3 is 0 Å². The molecule has 0 aromatic heterocycles. The monoisotopic (exact) mass is 278 g/mol. The van der Waals surface area contributed by atoms with Crippen molar-refractivity contribution in [3.63, 3.8) is 0 Å². The van der Waals surface area contributed by atoms with Crippen molar-refractivity contribution in [2.75, 3.05) is 13.1 Å². The van der Waals surface area contributed by atoms with Gasteiger partial charge in [-0.1, -0.05) is 41.5 Å². The van der Waals surface area contributed by atoms with Crippen LogP contribution in [0.1, 0.15) is 54.9 Å².